The van der Waals surface area contributed by atoms with E-state index in [-0.39, 0.29) is 17.3 Å². The van der Waals surface area contributed by atoms with Crippen LogP contribution >= 0.6 is 11.6 Å². The monoisotopic (exact) mass is 214 g/mol. The van der Waals surface area contributed by atoms with Crippen molar-refractivity contribution in [2.45, 2.75) is 12.3 Å². The fourth-order valence-electron chi connectivity index (χ4n) is 1.06. The molecule has 0 fully saturated rings. The smallest absolute Gasteiger partial charge is 0.180 e. The molecule has 1 atom stereocenters. The largest absolute Gasteiger partial charge is 0.504 e. The van der Waals surface area contributed by atoms with E-state index in [1.807, 2.05) is 0 Å². The quantitative estimate of drug-likeness (QED) is 0.620. The molecule has 0 aliphatic rings. The first-order valence-electron chi connectivity index (χ1n) is 4.11. The van der Waals surface area contributed by atoms with E-state index >= 15 is 0 Å². The maximum Gasteiger partial charge on any atom is 0.180 e. The predicted molar refractivity (Wildman–Crippen MR) is 54.3 cm³/mol. The Kier molecular flexibility index (Phi) is 3.36. The molecular formula is C10H11ClO3. The molecule has 4 heteroatoms. The third kappa shape index (κ3) is 2.17. The minimum absolute atomic E-state index is 0.00581. The summed E-state index contributed by atoms with van der Waals surface area (Å²) in [4.78, 5) is 11.5. The van der Waals surface area contributed by atoms with Crippen molar-refractivity contribution in [3.8, 4) is 11.5 Å². The molecule has 0 saturated carbocycles. The van der Waals surface area contributed by atoms with E-state index in [9.17, 15) is 9.90 Å². The van der Waals surface area contributed by atoms with E-state index in [1.165, 1.54) is 25.3 Å². The van der Waals surface area contributed by atoms with Crippen LogP contribution in [0.1, 0.15) is 17.3 Å². The first kappa shape index (κ1) is 10.9. The molecule has 1 aromatic rings. The van der Waals surface area contributed by atoms with E-state index in [0.717, 1.165) is 0 Å². The lowest BCUT2D eigenvalue weighted by Gasteiger charge is -2.06. The first-order valence-corrected chi connectivity index (χ1v) is 4.55. The number of Topliss-reactive ketones (excluding diaryl/α,β-unsaturated/α-hetero) is 1. The fraction of sp³-hybridized carbons (Fsp3) is 0.300. The Balaban J connectivity index is 3.06. The molecule has 0 heterocycles. The van der Waals surface area contributed by atoms with Crippen molar-refractivity contribution in [1.29, 1.82) is 0 Å². The van der Waals surface area contributed by atoms with Crippen molar-refractivity contribution in [1.82, 2.24) is 0 Å². The molecule has 0 radical (unpaired) electrons. The van der Waals surface area contributed by atoms with E-state index < -0.39 is 5.38 Å². The van der Waals surface area contributed by atoms with Crippen molar-refractivity contribution < 1.29 is 14.6 Å². The van der Waals surface area contributed by atoms with Gasteiger partial charge in [-0.1, -0.05) is 0 Å². The molecule has 14 heavy (non-hydrogen) atoms. The van der Waals surface area contributed by atoms with Gasteiger partial charge in [-0.3, -0.25) is 4.79 Å². The van der Waals surface area contributed by atoms with Crippen LogP contribution in [-0.2, 0) is 0 Å². The van der Waals surface area contributed by atoms with E-state index in [4.69, 9.17) is 16.3 Å². The first-order chi connectivity index (χ1) is 6.56. The molecular weight excluding hydrogens is 204 g/mol. The molecule has 3 nitrogen and oxygen atoms in total. The lowest BCUT2D eigenvalue weighted by Crippen LogP contribution is -2.10. The molecule has 0 aliphatic heterocycles. The average molecular weight is 215 g/mol. The highest BCUT2D eigenvalue weighted by Crippen LogP contribution is 2.27. The van der Waals surface area contributed by atoms with Gasteiger partial charge in [-0.15, -0.1) is 11.6 Å². The van der Waals surface area contributed by atoms with Crippen LogP contribution < -0.4 is 4.74 Å². The zero-order valence-corrected chi connectivity index (χ0v) is 8.71. The van der Waals surface area contributed by atoms with Gasteiger partial charge >= 0.3 is 0 Å². The number of carbonyl (C=O) groups is 1. The zero-order valence-electron chi connectivity index (χ0n) is 7.95. The van der Waals surface area contributed by atoms with Gasteiger partial charge in [0.2, 0.25) is 0 Å². The maximum atomic E-state index is 11.5. The normalized spacial score (nSPS) is 12.2. The minimum atomic E-state index is -0.579. The Labute approximate surface area is 87.3 Å². The summed E-state index contributed by atoms with van der Waals surface area (Å²) >= 11 is 5.65. The molecule has 0 spiro atoms. The lowest BCUT2D eigenvalue weighted by molar-refractivity contribution is 0.0991. The number of methoxy groups -OCH3 is 1. The topological polar surface area (TPSA) is 46.5 Å². The number of phenols is 1. The van der Waals surface area contributed by atoms with Gasteiger partial charge in [0.05, 0.1) is 12.5 Å². The Morgan fingerprint density at radius 1 is 1.57 bits per heavy atom. The summed E-state index contributed by atoms with van der Waals surface area (Å²) < 4.78 is 4.87. The van der Waals surface area contributed by atoms with Crippen LogP contribution in [0, 0.1) is 0 Å². The molecule has 76 valence electrons. The summed E-state index contributed by atoms with van der Waals surface area (Å²) in [5.41, 5.74) is 0.433. The predicted octanol–water partition coefficient (Wildman–Crippen LogP) is 2.21. The number of halogens is 1. The van der Waals surface area contributed by atoms with Gasteiger partial charge in [0, 0.05) is 5.56 Å². The number of phenolic OH excluding ortho intramolecular Hbond substituents is 1. The van der Waals surface area contributed by atoms with Gasteiger partial charge in [0.25, 0.3) is 0 Å². The van der Waals surface area contributed by atoms with Gasteiger partial charge in [0.1, 0.15) is 0 Å². The van der Waals surface area contributed by atoms with Gasteiger partial charge in [-0.25, -0.2) is 0 Å². The third-order valence-corrected chi connectivity index (χ3v) is 2.02. The van der Waals surface area contributed by atoms with Crippen LogP contribution in [0.3, 0.4) is 0 Å². The molecule has 0 aromatic heterocycles. The number of carbonyl (C=O) groups excluding carboxylic acids is 1. The second kappa shape index (κ2) is 4.33. The van der Waals surface area contributed by atoms with Gasteiger partial charge in [-0.05, 0) is 25.1 Å². The standard InChI is InChI=1S/C10H11ClO3/c1-6(11)10(13)7-3-4-8(12)9(5-7)14-2/h3-6,12H,1-2H3/t6-/m0/s1. The van der Waals surface area contributed by atoms with Crippen LogP contribution in [0.15, 0.2) is 18.2 Å². The second-order valence-corrected chi connectivity index (χ2v) is 3.52. The fourth-order valence-corrected chi connectivity index (χ4v) is 1.19. The Morgan fingerprint density at radius 3 is 2.71 bits per heavy atom. The van der Waals surface area contributed by atoms with Crippen molar-refractivity contribution >= 4 is 17.4 Å². The molecule has 0 unspecified atom stereocenters. The summed E-state index contributed by atoms with van der Waals surface area (Å²) in [6.45, 7) is 1.60. The number of benzene rings is 1. The number of ether oxygens (including phenoxy) is 1. The van der Waals surface area contributed by atoms with Gasteiger partial charge in [0.15, 0.2) is 17.3 Å². The zero-order chi connectivity index (χ0) is 10.7. The molecule has 1 rings (SSSR count). The number of hydrogen-bond donors (Lipinski definition) is 1. The minimum Gasteiger partial charge on any atom is -0.504 e. The highest BCUT2D eigenvalue weighted by atomic mass is 35.5. The highest BCUT2D eigenvalue weighted by Gasteiger charge is 2.14. The molecule has 1 N–H and O–H groups in total. The molecule has 0 aliphatic carbocycles. The van der Waals surface area contributed by atoms with Gasteiger partial charge < -0.3 is 9.84 Å². The number of rotatable bonds is 3. The molecule has 1 aromatic carbocycles. The number of hydrogen-bond acceptors (Lipinski definition) is 3. The summed E-state index contributed by atoms with van der Waals surface area (Å²) in [7, 11) is 1.42. The summed E-state index contributed by atoms with van der Waals surface area (Å²) in [5.74, 6) is 0.0874. The lowest BCUT2D eigenvalue weighted by atomic mass is 10.1. The van der Waals surface area contributed by atoms with Crippen molar-refractivity contribution in [2.24, 2.45) is 0 Å². The van der Waals surface area contributed by atoms with E-state index in [1.54, 1.807) is 6.92 Å². The summed E-state index contributed by atoms with van der Waals surface area (Å²) in [5, 5.41) is 8.71. The third-order valence-electron chi connectivity index (χ3n) is 1.83. The number of ketones is 1. The number of aromatic hydroxyl groups is 1. The molecule has 0 saturated heterocycles. The van der Waals surface area contributed by atoms with Crippen LogP contribution in [0.25, 0.3) is 0 Å². The van der Waals surface area contributed by atoms with Crippen molar-refractivity contribution in [2.75, 3.05) is 7.11 Å². The van der Waals surface area contributed by atoms with Crippen molar-refractivity contribution in [3.63, 3.8) is 0 Å². The van der Waals surface area contributed by atoms with Crippen LogP contribution in [0.5, 0.6) is 11.5 Å². The molecule has 0 bridgehead atoms. The van der Waals surface area contributed by atoms with E-state index in [0.29, 0.717) is 5.56 Å². The SMILES string of the molecule is COc1cc(C(=O)[C@H](C)Cl)ccc1O. The van der Waals surface area contributed by atoms with Crippen LogP contribution in [-0.4, -0.2) is 23.4 Å². The summed E-state index contributed by atoms with van der Waals surface area (Å²) in [6, 6.07) is 4.39. The van der Waals surface area contributed by atoms with E-state index in [2.05, 4.69) is 0 Å². The highest BCUT2D eigenvalue weighted by molar-refractivity contribution is 6.33. The van der Waals surface area contributed by atoms with Crippen molar-refractivity contribution in [3.05, 3.63) is 23.8 Å². The number of alkyl halides is 1. The van der Waals surface area contributed by atoms with Crippen LogP contribution in [0.2, 0.25) is 0 Å². The Hall–Kier alpha value is -1.22. The Morgan fingerprint density at radius 2 is 2.21 bits per heavy atom. The Bertz CT molecular complexity index is 347. The van der Waals surface area contributed by atoms with Gasteiger partial charge in [-0.2, -0.15) is 0 Å². The average Bonchev–Trinajstić information content (AvgIpc) is 2.17. The summed E-state index contributed by atoms with van der Waals surface area (Å²) in [6.07, 6.45) is 0. The van der Waals surface area contributed by atoms with Crippen LogP contribution in [0.4, 0.5) is 0 Å². The molecule has 0 amide bonds. The second-order valence-electron chi connectivity index (χ2n) is 2.87. The maximum absolute atomic E-state index is 11.5.